The van der Waals surface area contributed by atoms with Crippen molar-refractivity contribution in [3.63, 3.8) is 0 Å². The zero-order chi connectivity index (χ0) is 25.0. The SMILES string of the molecule is C=CCC(C(=O)O)C1(C)OCCO1.C=CCC(C(=O)OC(C)(C)C)C1(C)OCCO1.II. The Morgan fingerprint density at radius 3 is 1.59 bits per heavy atom. The lowest BCUT2D eigenvalue weighted by atomic mass is 9.96. The lowest BCUT2D eigenvalue weighted by Gasteiger charge is -2.32. The molecule has 1 N–H and O–H groups in total. The van der Waals surface area contributed by atoms with Crippen LogP contribution in [0.3, 0.4) is 0 Å². The fourth-order valence-corrected chi connectivity index (χ4v) is 3.23. The number of allylic oxidation sites excluding steroid dienone is 2. The van der Waals surface area contributed by atoms with Crippen LogP contribution >= 0.6 is 37.2 Å². The molecule has 0 bridgehead atoms. The second-order valence-corrected chi connectivity index (χ2v) is 8.45. The van der Waals surface area contributed by atoms with Gasteiger partial charge in [-0.2, -0.15) is 0 Å². The topological polar surface area (TPSA) is 101 Å². The molecule has 2 rings (SSSR count). The Morgan fingerprint density at radius 1 is 0.938 bits per heavy atom. The summed E-state index contributed by atoms with van der Waals surface area (Å²) >= 11 is 4.24. The summed E-state index contributed by atoms with van der Waals surface area (Å²) in [7, 11) is 0. The number of halogens is 2. The minimum absolute atomic E-state index is 0.304. The summed E-state index contributed by atoms with van der Waals surface area (Å²) in [6.45, 7) is 18.1. The molecule has 2 saturated heterocycles. The summed E-state index contributed by atoms with van der Waals surface area (Å²) in [6.07, 6.45) is 4.08. The molecule has 32 heavy (non-hydrogen) atoms. The first-order chi connectivity index (χ1) is 14.9. The molecule has 0 saturated carbocycles. The van der Waals surface area contributed by atoms with Crippen molar-refractivity contribution in [2.24, 2.45) is 11.8 Å². The van der Waals surface area contributed by atoms with Crippen LogP contribution in [0, 0.1) is 11.8 Å². The molecule has 2 aliphatic heterocycles. The highest BCUT2D eigenvalue weighted by molar-refractivity contribution is 15.0. The molecule has 186 valence electrons. The van der Waals surface area contributed by atoms with E-state index in [1.165, 1.54) is 0 Å². The molecule has 0 aliphatic carbocycles. The fourth-order valence-electron chi connectivity index (χ4n) is 3.23. The lowest BCUT2D eigenvalue weighted by molar-refractivity contribution is -0.206. The maximum Gasteiger partial charge on any atom is 0.315 e. The third-order valence-corrected chi connectivity index (χ3v) is 4.78. The Bertz CT molecular complexity index is 606. The Kier molecular flexibility index (Phi) is 14.7. The summed E-state index contributed by atoms with van der Waals surface area (Å²) in [5.41, 5.74) is -0.508. The monoisotopic (exact) mass is 682 g/mol. The largest absolute Gasteiger partial charge is 0.481 e. The van der Waals surface area contributed by atoms with E-state index in [1.54, 1.807) is 26.0 Å². The average Bonchev–Trinajstić information content (AvgIpc) is 3.34. The number of carboxylic acid groups (broad SMARTS) is 1. The Hall–Kier alpha value is -0.280. The summed E-state index contributed by atoms with van der Waals surface area (Å²) in [5.74, 6) is -4.24. The van der Waals surface area contributed by atoms with E-state index in [1.807, 2.05) is 20.8 Å². The van der Waals surface area contributed by atoms with Gasteiger partial charge in [-0.05, 0) is 47.5 Å². The van der Waals surface area contributed by atoms with Crippen molar-refractivity contribution < 1.29 is 38.4 Å². The van der Waals surface area contributed by atoms with E-state index in [4.69, 9.17) is 28.8 Å². The first-order valence-corrected chi connectivity index (χ1v) is 16.5. The minimum atomic E-state index is -0.986. The van der Waals surface area contributed by atoms with Gasteiger partial charge in [0.15, 0.2) is 11.6 Å². The van der Waals surface area contributed by atoms with Gasteiger partial charge in [-0.25, -0.2) is 0 Å². The number of ether oxygens (including phenoxy) is 5. The number of esters is 1. The summed E-state index contributed by atoms with van der Waals surface area (Å²) in [6, 6.07) is 0. The molecule has 0 spiro atoms. The van der Waals surface area contributed by atoms with Crippen LogP contribution in [0.15, 0.2) is 25.3 Å². The summed E-state index contributed by atoms with van der Waals surface area (Å²) < 4.78 is 27.0. The second kappa shape index (κ2) is 14.9. The van der Waals surface area contributed by atoms with Gasteiger partial charge < -0.3 is 28.8 Å². The molecule has 2 unspecified atom stereocenters. The van der Waals surface area contributed by atoms with Crippen LogP contribution < -0.4 is 0 Å². The maximum atomic E-state index is 12.1. The maximum absolute atomic E-state index is 12.1. The van der Waals surface area contributed by atoms with Gasteiger partial charge in [0.25, 0.3) is 0 Å². The van der Waals surface area contributed by atoms with Gasteiger partial charge in [-0.3, -0.25) is 9.59 Å². The van der Waals surface area contributed by atoms with E-state index in [0.29, 0.717) is 39.3 Å². The molecular weight excluding hydrogens is 646 g/mol. The van der Waals surface area contributed by atoms with Crippen molar-refractivity contribution in [1.82, 2.24) is 0 Å². The van der Waals surface area contributed by atoms with E-state index < -0.39 is 35.0 Å². The number of carboxylic acids is 1. The van der Waals surface area contributed by atoms with Crippen LogP contribution in [0.4, 0.5) is 0 Å². The first kappa shape index (κ1) is 31.7. The number of hydrogen-bond acceptors (Lipinski definition) is 7. The van der Waals surface area contributed by atoms with Crippen LogP contribution in [0.5, 0.6) is 0 Å². The number of hydrogen-bond donors (Lipinski definition) is 1. The Labute approximate surface area is 214 Å². The average molecular weight is 682 g/mol. The fraction of sp³-hybridized carbons (Fsp3) is 0.727. The van der Waals surface area contributed by atoms with Crippen molar-refractivity contribution in [3.8, 4) is 0 Å². The second-order valence-electron chi connectivity index (χ2n) is 8.45. The smallest absolute Gasteiger partial charge is 0.315 e. The predicted octanol–water partition coefficient (Wildman–Crippen LogP) is 5.08. The van der Waals surface area contributed by atoms with Gasteiger partial charge in [0.2, 0.25) is 0 Å². The van der Waals surface area contributed by atoms with Crippen LogP contribution in [-0.2, 0) is 33.3 Å². The van der Waals surface area contributed by atoms with Crippen molar-refractivity contribution in [3.05, 3.63) is 25.3 Å². The van der Waals surface area contributed by atoms with Crippen molar-refractivity contribution in [1.29, 1.82) is 0 Å². The standard InChI is InChI=1S/C13H22O4.C9H14O4.I2/c1-6-7-10(11(14)17-12(2,3)4)13(5)15-8-9-16-13;1-3-4-7(8(10)11)9(2)12-5-6-13-9;1-2/h6,10H,1,7-9H2,2-5H3;3,7H,1,4-6H2,2H3,(H,10,11);. The van der Waals surface area contributed by atoms with Gasteiger partial charge in [-0.1, -0.05) is 12.2 Å². The molecule has 0 aromatic carbocycles. The van der Waals surface area contributed by atoms with Gasteiger partial charge in [0.05, 0.1) is 26.4 Å². The highest BCUT2D eigenvalue weighted by Gasteiger charge is 2.45. The molecule has 0 aromatic rings. The number of carbonyl (C=O) groups is 2. The third kappa shape index (κ3) is 10.3. The zero-order valence-corrected chi connectivity index (χ0v) is 23.8. The molecule has 0 amide bonds. The van der Waals surface area contributed by atoms with Crippen molar-refractivity contribution in [2.45, 2.75) is 64.6 Å². The van der Waals surface area contributed by atoms with E-state index in [2.05, 4.69) is 50.4 Å². The first-order valence-electron chi connectivity index (χ1n) is 10.3. The van der Waals surface area contributed by atoms with E-state index in [9.17, 15) is 9.59 Å². The van der Waals surface area contributed by atoms with Crippen LogP contribution in [0.25, 0.3) is 0 Å². The number of rotatable bonds is 8. The molecule has 2 fully saturated rings. The number of carbonyl (C=O) groups excluding carboxylic acids is 1. The summed E-state index contributed by atoms with van der Waals surface area (Å²) in [5, 5.41) is 8.92. The van der Waals surface area contributed by atoms with Crippen LogP contribution in [0.2, 0.25) is 0 Å². The highest BCUT2D eigenvalue weighted by atomic mass is 128. The Balaban J connectivity index is 0.000000574. The lowest BCUT2D eigenvalue weighted by Crippen LogP contribution is -2.43. The molecule has 2 heterocycles. The van der Waals surface area contributed by atoms with Gasteiger partial charge in [-0.15, -0.1) is 13.2 Å². The van der Waals surface area contributed by atoms with Crippen molar-refractivity contribution >= 4 is 49.2 Å². The molecular formula is C22H36I2O8. The van der Waals surface area contributed by atoms with Crippen LogP contribution in [0.1, 0.15) is 47.5 Å². The molecule has 8 nitrogen and oxygen atoms in total. The summed E-state index contributed by atoms with van der Waals surface area (Å²) in [4.78, 5) is 23.0. The molecule has 2 atom stereocenters. The highest BCUT2D eigenvalue weighted by Crippen LogP contribution is 2.33. The zero-order valence-electron chi connectivity index (χ0n) is 19.5. The van der Waals surface area contributed by atoms with E-state index in [-0.39, 0.29) is 5.97 Å². The van der Waals surface area contributed by atoms with Gasteiger partial charge in [0, 0.05) is 37.2 Å². The Morgan fingerprint density at radius 2 is 1.28 bits per heavy atom. The van der Waals surface area contributed by atoms with Gasteiger partial charge >= 0.3 is 11.9 Å². The molecule has 2 aliphatic rings. The quantitative estimate of drug-likeness (QED) is 0.215. The van der Waals surface area contributed by atoms with Crippen molar-refractivity contribution in [2.75, 3.05) is 26.4 Å². The van der Waals surface area contributed by atoms with E-state index in [0.717, 1.165) is 0 Å². The molecule has 0 radical (unpaired) electrons. The molecule has 0 aromatic heterocycles. The van der Waals surface area contributed by atoms with Gasteiger partial charge in [0.1, 0.15) is 17.4 Å². The number of aliphatic carboxylic acids is 1. The normalized spacial score (nSPS) is 20.5. The molecule has 10 heteroatoms. The van der Waals surface area contributed by atoms with E-state index >= 15 is 0 Å². The van der Waals surface area contributed by atoms with Crippen LogP contribution in [-0.4, -0.2) is 60.6 Å². The predicted molar refractivity (Wildman–Crippen MR) is 139 cm³/mol. The minimum Gasteiger partial charge on any atom is -0.481 e. The third-order valence-electron chi connectivity index (χ3n) is 4.78.